The zero-order valence-corrected chi connectivity index (χ0v) is 16.3. The van der Waals surface area contributed by atoms with Crippen LogP contribution in [0.3, 0.4) is 0 Å². The third kappa shape index (κ3) is 5.88. The Morgan fingerprint density at radius 2 is 1.35 bits per heavy atom. The number of hydrogen-bond donors (Lipinski definition) is 2. The molecule has 0 aliphatic carbocycles. The first kappa shape index (κ1) is 24.7. The predicted molar refractivity (Wildman–Crippen MR) is 91.6 cm³/mol. The summed E-state index contributed by atoms with van der Waals surface area (Å²) >= 11 is 0. The summed E-state index contributed by atoms with van der Waals surface area (Å²) in [4.78, 5) is 22.9. The standard InChI is InChI=1S/C17H32O9/c1-6-23-16(24-7-2,17(22-5,25-8-3)26-9-4)13(15(20)21)11-10-12-14(18)19/h13H,6-12H2,1-5H3,(H,18,19)(H,20,21). The number of carboxylic acid groups (broad SMARTS) is 2. The third-order valence-corrected chi connectivity index (χ3v) is 3.72. The van der Waals surface area contributed by atoms with Crippen LogP contribution in [0.25, 0.3) is 0 Å². The van der Waals surface area contributed by atoms with E-state index in [4.69, 9.17) is 28.8 Å². The van der Waals surface area contributed by atoms with E-state index in [2.05, 4.69) is 0 Å². The largest absolute Gasteiger partial charge is 0.481 e. The minimum Gasteiger partial charge on any atom is -0.481 e. The van der Waals surface area contributed by atoms with Gasteiger partial charge in [0.05, 0.1) is 0 Å². The van der Waals surface area contributed by atoms with E-state index in [1.165, 1.54) is 7.11 Å². The first-order valence-corrected chi connectivity index (χ1v) is 8.86. The van der Waals surface area contributed by atoms with Gasteiger partial charge in [-0.05, 0) is 40.5 Å². The highest BCUT2D eigenvalue weighted by Gasteiger charge is 2.64. The molecule has 0 aromatic carbocycles. The lowest BCUT2D eigenvalue weighted by Crippen LogP contribution is -2.67. The molecule has 0 saturated carbocycles. The molecular formula is C17H32O9. The van der Waals surface area contributed by atoms with Gasteiger partial charge in [0, 0.05) is 40.0 Å². The van der Waals surface area contributed by atoms with Crippen LogP contribution in [0.15, 0.2) is 0 Å². The van der Waals surface area contributed by atoms with E-state index in [1.807, 2.05) is 0 Å². The van der Waals surface area contributed by atoms with Gasteiger partial charge in [-0.3, -0.25) is 9.59 Å². The van der Waals surface area contributed by atoms with E-state index < -0.39 is 29.6 Å². The van der Waals surface area contributed by atoms with Crippen molar-refractivity contribution in [1.29, 1.82) is 0 Å². The Hall–Kier alpha value is -1.26. The highest BCUT2D eigenvalue weighted by atomic mass is 16.9. The summed E-state index contributed by atoms with van der Waals surface area (Å²) in [6.07, 6.45) is -0.0828. The molecule has 1 atom stereocenters. The summed E-state index contributed by atoms with van der Waals surface area (Å²) < 4.78 is 28.4. The van der Waals surface area contributed by atoms with Crippen LogP contribution in [0.1, 0.15) is 47.0 Å². The second-order valence-corrected chi connectivity index (χ2v) is 5.34. The monoisotopic (exact) mass is 380 g/mol. The highest BCUT2D eigenvalue weighted by molar-refractivity contribution is 5.72. The number of carbonyl (C=O) groups is 2. The molecule has 0 aliphatic rings. The molecule has 0 saturated heterocycles. The second-order valence-electron chi connectivity index (χ2n) is 5.34. The Morgan fingerprint density at radius 1 is 0.885 bits per heavy atom. The zero-order chi connectivity index (χ0) is 20.2. The van der Waals surface area contributed by atoms with Gasteiger partial charge in [0.15, 0.2) is 0 Å². The van der Waals surface area contributed by atoms with Crippen molar-refractivity contribution in [3.63, 3.8) is 0 Å². The van der Waals surface area contributed by atoms with Crippen LogP contribution < -0.4 is 0 Å². The van der Waals surface area contributed by atoms with Gasteiger partial charge >= 0.3 is 17.9 Å². The fourth-order valence-corrected chi connectivity index (χ4v) is 2.88. The van der Waals surface area contributed by atoms with E-state index in [0.717, 1.165) is 0 Å². The van der Waals surface area contributed by atoms with Crippen molar-refractivity contribution in [3.05, 3.63) is 0 Å². The zero-order valence-electron chi connectivity index (χ0n) is 16.3. The maximum atomic E-state index is 12.1. The smallest absolute Gasteiger partial charge is 0.341 e. The van der Waals surface area contributed by atoms with E-state index in [9.17, 15) is 14.7 Å². The van der Waals surface area contributed by atoms with E-state index >= 15 is 0 Å². The molecule has 26 heavy (non-hydrogen) atoms. The molecule has 1 unspecified atom stereocenters. The number of aliphatic carboxylic acids is 2. The van der Waals surface area contributed by atoms with Crippen LogP contribution in [0.5, 0.6) is 0 Å². The van der Waals surface area contributed by atoms with Crippen molar-refractivity contribution in [2.75, 3.05) is 33.5 Å². The molecule has 9 nitrogen and oxygen atoms in total. The Balaban J connectivity index is 6.20. The van der Waals surface area contributed by atoms with Gasteiger partial charge in [-0.15, -0.1) is 0 Å². The normalized spacial score (nSPS) is 13.6. The predicted octanol–water partition coefficient (Wildman–Crippen LogP) is 2.08. The van der Waals surface area contributed by atoms with Crippen molar-refractivity contribution in [2.24, 2.45) is 5.92 Å². The molecule has 0 aliphatic heterocycles. The number of methoxy groups -OCH3 is 1. The molecule has 0 rings (SSSR count). The Morgan fingerprint density at radius 3 is 1.65 bits per heavy atom. The van der Waals surface area contributed by atoms with Crippen LogP contribution in [-0.4, -0.2) is 67.4 Å². The number of ether oxygens (including phenoxy) is 5. The summed E-state index contributed by atoms with van der Waals surface area (Å²) in [5, 5.41) is 18.7. The summed E-state index contributed by atoms with van der Waals surface area (Å²) in [6, 6.07) is 0. The van der Waals surface area contributed by atoms with Crippen LogP contribution in [0.4, 0.5) is 0 Å². The molecule has 0 radical (unpaired) electrons. The van der Waals surface area contributed by atoms with E-state index in [0.29, 0.717) is 0 Å². The van der Waals surface area contributed by atoms with Crippen LogP contribution in [-0.2, 0) is 33.3 Å². The lowest BCUT2D eigenvalue weighted by atomic mass is 9.89. The number of hydrogen-bond acceptors (Lipinski definition) is 7. The van der Waals surface area contributed by atoms with Gasteiger partial charge < -0.3 is 33.9 Å². The summed E-state index contributed by atoms with van der Waals surface area (Å²) in [5.74, 6) is -7.35. The van der Waals surface area contributed by atoms with Crippen molar-refractivity contribution in [2.45, 2.75) is 58.7 Å². The average molecular weight is 380 g/mol. The number of rotatable bonds is 16. The van der Waals surface area contributed by atoms with Crippen LogP contribution in [0, 0.1) is 5.92 Å². The third-order valence-electron chi connectivity index (χ3n) is 3.72. The van der Waals surface area contributed by atoms with E-state index in [1.54, 1.807) is 27.7 Å². The molecule has 0 aromatic rings. The number of carboxylic acids is 2. The van der Waals surface area contributed by atoms with Gasteiger partial charge in [0.1, 0.15) is 5.92 Å². The highest BCUT2D eigenvalue weighted by Crippen LogP contribution is 2.42. The fraction of sp³-hybridized carbons (Fsp3) is 0.882. The second kappa shape index (κ2) is 12.2. The minimum atomic E-state index is -1.92. The van der Waals surface area contributed by atoms with E-state index in [-0.39, 0.29) is 45.7 Å². The summed E-state index contributed by atoms with van der Waals surface area (Å²) in [5.41, 5.74) is 0. The quantitative estimate of drug-likeness (QED) is 0.388. The molecule has 0 bridgehead atoms. The fourth-order valence-electron chi connectivity index (χ4n) is 2.88. The van der Waals surface area contributed by atoms with Gasteiger partial charge in [-0.25, -0.2) is 0 Å². The first-order chi connectivity index (χ1) is 12.3. The SMILES string of the molecule is CCOC(OC)(OCC)C(OCC)(OCC)C(CCCC(=O)O)C(=O)O. The molecule has 2 N–H and O–H groups in total. The van der Waals surface area contributed by atoms with Gasteiger partial charge in [-0.1, -0.05) is 0 Å². The van der Waals surface area contributed by atoms with Crippen molar-refractivity contribution >= 4 is 11.9 Å². The van der Waals surface area contributed by atoms with Gasteiger partial charge in [0.25, 0.3) is 5.79 Å². The molecule has 0 heterocycles. The summed E-state index contributed by atoms with van der Waals surface area (Å²) in [6.45, 7) is 7.28. The van der Waals surface area contributed by atoms with Crippen molar-refractivity contribution < 1.29 is 43.5 Å². The maximum Gasteiger partial charge on any atom is 0.341 e. The Labute approximate surface area is 154 Å². The van der Waals surface area contributed by atoms with Crippen LogP contribution >= 0.6 is 0 Å². The van der Waals surface area contributed by atoms with Crippen LogP contribution in [0.2, 0.25) is 0 Å². The molecule has 9 heteroatoms. The maximum absolute atomic E-state index is 12.1. The van der Waals surface area contributed by atoms with Gasteiger partial charge in [-0.2, -0.15) is 0 Å². The lowest BCUT2D eigenvalue weighted by Gasteiger charge is -2.48. The van der Waals surface area contributed by atoms with Crippen molar-refractivity contribution in [3.8, 4) is 0 Å². The topological polar surface area (TPSA) is 121 Å². The summed E-state index contributed by atoms with van der Waals surface area (Å²) in [7, 11) is 1.31. The van der Waals surface area contributed by atoms with Crippen molar-refractivity contribution in [1.82, 2.24) is 0 Å². The minimum absolute atomic E-state index is 0.0209. The Kier molecular flexibility index (Phi) is 11.6. The molecular weight excluding hydrogens is 348 g/mol. The lowest BCUT2D eigenvalue weighted by molar-refractivity contribution is -0.500. The molecule has 154 valence electrons. The molecule has 0 amide bonds. The molecule has 0 fully saturated rings. The Bertz CT molecular complexity index is 412. The molecule has 0 spiro atoms. The average Bonchev–Trinajstić information content (AvgIpc) is 2.57. The van der Waals surface area contributed by atoms with Gasteiger partial charge in [0.2, 0.25) is 0 Å². The molecule has 0 aromatic heterocycles. The first-order valence-electron chi connectivity index (χ1n) is 8.86.